The summed E-state index contributed by atoms with van der Waals surface area (Å²) >= 11 is 0. The van der Waals surface area contributed by atoms with Crippen LogP contribution in [0.15, 0.2) is 54.9 Å². The summed E-state index contributed by atoms with van der Waals surface area (Å²) in [5, 5.41) is 17.1. The molecule has 0 unspecified atom stereocenters. The second-order valence-corrected chi connectivity index (χ2v) is 6.93. The number of amides is 1. The maximum Gasteiger partial charge on any atom is 0.259 e. The van der Waals surface area contributed by atoms with E-state index in [0.29, 0.717) is 11.4 Å². The van der Waals surface area contributed by atoms with Gasteiger partial charge in [-0.15, -0.1) is 0 Å². The van der Waals surface area contributed by atoms with E-state index in [1.165, 1.54) is 0 Å². The van der Waals surface area contributed by atoms with Gasteiger partial charge in [0.1, 0.15) is 0 Å². The summed E-state index contributed by atoms with van der Waals surface area (Å²) in [6.45, 7) is 3.39. The zero-order valence-corrected chi connectivity index (χ0v) is 15.7. The number of aromatic nitrogens is 3. The third-order valence-electron chi connectivity index (χ3n) is 5.08. The Balaban J connectivity index is 1.56. The number of benzene rings is 1. The Morgan fingerprint density at radius 3 is 2.64 bits per heavy atom. The summed E-state index contributed by atoms with van der Waals surface area (Å²) in [5.74, 6) is 0.468. The summed E-state index contributed by atoms with van der Waals surface area (Å²) in [7, 11) is 0. The van der Waals surface area contributed by atoms with Crippen molar-refractivity contribution in [3.05, 3.63) is 66.1 Å². The van der Waals surface area contributed by atoms with Gasteiger partial charge in [0, 0.05) is 19.3 Å². The summed E-state index contributed by atoms with van der Waals surface area (Å²) in [6.07, 6.45) is 4.50. The minimum Gasteiger partial charge on any atom is -0.393 e. The third kappa shape index (κ3) is 3.61. The van der Waals surface area contributed by atoms with Crippen LogP contribution in [0.2, 0.25) is 0 Å². The predicted molar refractivity (Wildman–Crippen MR) is 108 cm³/mol. The van der Waals surface area contributed by atoms with Crippen LogP contribution < -0.4 is 10.2 Å². The summed E-state index contributed by atoms with van der Waals surface area (Å²) < 4.78 is 1.66. The lowest BCUT2D eigenvalue weighted by Crippen LogP contribution is -2.36. The molecule has 0 atom stereocenters. The van der Waals surface area contributed by atoms with Crippen LogP contribution in [0.25, 0.3) is 5.82 Å². The lowest BCUT2D eigenvalue weighted by molar-refractivity contribution is 0.102. The zero-order chi connectivity index (χ0) is 19.5. The fourth-order valence-electron chi connectivity index (χ4n) is 3.49. The van der Waals surface area contributed by atoms with Crippen LogP contribution in [0.4, 0.5) is 11.4 Å². The van der Waals surface area contributed by atoms with Crippen molar-refractivity contribution < 1.29 is 9.90 Å². The van der Waals surface area contributed by atoms with Crippen molar-refractivity contribution in [1.29, 1.82) is 0 Å². The number of carbonyl (C=O) groups excluding carboxylic acids is 1. The summed E-state index contributed by atoms with van der Waals surface area (Å²) in [6, 6.07) is 13.3. The number of aliphatic hydroxyl groups is 1. The Morgan fingerprint density at radius 1 is 1.14 bits per heavy atom. The second-order valence-electron chi connectivity index (χ2n) is 6.93. The van der Waals surface area contributed by atoms with Gasteiger partial charge in [-0.25, -0.2) is 9.67 Å². The van der Waals surface area contributed by atoms with Crippen molar-refractivity contribution in [2.24, 2.45) is 0 Å². The van der Waals surface area contributed by atoms with E-state index in [2.05, 4.69) is 20.3 Å². The maximum atomic E-state index is 12.9. The molecule has 7 heteroatoms. The molecule has 28 heavy (non-hydrogen) atoms. The van der Waals surface area contributed by atoms with Gasteiger partial charge in [0.2, 0.25) is 0 Å². The standard InChI is InChI=1S/C21H23N5O2/c1-15-17(14-23-26(15)20-8-4-5-11-22-20)21(28)24-18-6-2-3-7-19(18)25-12-9-16(27)10-13-25/h2-8,11,14,16,27H,9-10,12-13H2,1H3,(H,24,28). The van der Waals surface area contributed by atoms with Crippen LogP contribution in [0.5, 0.6) is 0 Å². The smallest absolute Gasteiger partial charge is 0.259 e. The minimum atomic E-state index is -0.238. The van der Waals surface area contributed by atoms with E-state index >= 15 is 0 Å². The Kier molecular flexibility index (Phi) is 5.08. The largest absolute Gasteiger partial charge is 0.393 e. The maximum absolute atomic E-state index is 12.9. The van der Waals surface area contributed by atoms with Gasteiger partial charge >= 0.3 is 0 Å². The molecule has 0 radical (unpaired) electrons. The van der Waals surface area contributed by atoms with Crippen LogP contribution >= 0.6 is 0 Å². The van der Waals surface area contributed by atoms with E-state index < -0.39 is 0 Å². The molecule has 2 aromatic heterocycles. The number of carbonyl (C=O) groups is 1. The molecule has 3 aromatic rings. The molecule has 1 aliphatic heterocycles. The number of piperidine rings is 1. The average molecular weight is 377 g/mol. The molecule has 7 nitrogen and oxygen atoms in total. The first-order valence-corrected chi connectivity index (χ1v) is 9.43. The Hall–Kier alpha value is -3.19. The van der Waals surface area contributed by atoms with Crippen molar-refractivity contribution in [2.45, 2.75) is 25.9 Å². The van der Waals surface area contributed by atoms with Crippen LogP contribution in [0, 0.1) is 6.92 Å². The van der Waals surface area contributed by atoms with Gasteiger partial charge in [-0.2, -0.15) is 5.10 Å². The van der Waals surface area contributed by atoms with E-state index in [1.54, 1.807) is 17.1 Å². The lowest BCUT2D eigenvalue weighted by Gasteiger charge is -2.32. The normalized spacial score (nSPS) is 14.9. The van der Waals surface area contributed by atoms with Crippen molar-refractivity contribution in [3.8, 4) is 5.82 Å². The van der Waals surface area contributed by atoms with E-state index in [4.69, 9.17) is 0 Å². The van der Waals surface area contributed by atoms with Crippen molar-refractivity contribution in [1.82, 2.24) is 14.8 Å². The minimum absolute atomic E-state index is 0.204. The first-order chi connectivity index (χ1) is 13.6. The highest BCUT2D eigenvalue weighted by Gasteiger charge is 2.21. The van der Waals surface area contributed by atoms with E-state index in [0.717, 1.165) is 43.0 Å². The second kappa shape index (κ2) is 7.82. The number of hydrogen-bond acceptors (Lipinski definition) is 5. The lowest BCUT2D eigenvalue weighted by atomic mass is 10.1. The molecule has 1 aliphatic rings. The number of nitrogens with one attached hydrogen (secondary N) is 1. The number of rotatable bonds is 4. The van der Waals surface area contributed by atoms with Gasteiger partial charge in [-0.3, -0.25) is 4.79 Å². The fraction of sp³-hybridized carbons (Fsp3) is 0.286. The zero-order valence-electron chi connectivity index (χ0n) is 15.7. The highest BCUT2D eigenvalue weighted by atomic mass is 16.3. The fourth-order valence-corrected chi connectivity index (χ4v) is 3.49. The number of para-hydroxylation sites is 2. The highest BCUT2D eigenvalue weighted by molar-refractivity contribution is 6.06. The molecule has 144 valence electrons. The van der Waals surface area contributed by atoms with Gasteiger partial charge in [-0.05, 0) is 44.0 Å². The first-order valence-electron chi connectivity index (χ1n) is 9.43. The molecule has 1 fully saturated rings. The van der Waals surface area contributed by atoms with Crippen LogP contribution in [-0.2, 0) is 0 Å². The number of anilines is 2. The molecule has 1 aromatic carbocycles. The van der Waals surface area contributed by atoms with Crippen molar-refractivity contribution >= 4 is 17.3 Å². The molecule has 0 aliphatic carbocycles. The van der Waals surface area contributed by atoms with E-state index in [-0.39, 0.29) is 12.0 Å². The van der Waals surface area contributed by atoms with Gasteiger partial charge in [0.05, 0.1) is 34.9 Å². The first kappa shape index (κ1) is 18.2. The molecule has 1 amide bonds. The van der Waals surface area contributed by atoms with Crippen molar-refractivity contribution in [3.63, 3.8) is 0 Å². The third-order valence-corrected chi connectivity index (χ3v) is 5.08. The van der Waals surface area contributed by atoms with Crippen LogP contribution in [0.3, 0.4) is 0 Å². The molecule has 3 heterocycles. The highest BCUT2D eigenvalue weighted by Crippen LogP contribution is 2.29. The Bertz CT molecular complexity index is 962. The molecule has 2 N–H and O–H groups in total. The number of hydrogen-bond donors (Lipinski definition) is 2. The Labute approximate surface area is 163 Å². The van der Waals surface area contributed by atoms with Gasteiger partial charge < -0.3 is 15.3 Å². The summed E-state index contributed by atoms with van der Waals surface area (Å²) in [4.78, 5) is 19.4. The van der Waals surface area contributed by atoms with Crippen LogP contribution in [-0.4, -0.2) is 45.0 Å². The molecule has 0 bridgehead atoms. The van der Waals surface area contributed by atoms with Crippen LogP contribution in [0.1, 0.15) is 28.9 Å². The average Bonchev–Trinajstić information content (AvgIpc) is 3.11. The molecule has 0 spiro atoms. The number of nitrogens with zero attached hydrogens (tertiary/aromatic N) is 4. The number of pyridine rings is 1. The van der Waals surface area contributed by atoms with Gasteiger partial charge in [0.15, 0.2) is 5.82 Å². The van der Waals surface area contributed by atoms with Crippen molar-refractivity contribution in [2.75, 3.05) is 23.3 Å². The van der Waals surface area contributed by atoms with Gasteiger partial charge in [-0.1, -0.05) is 18.2 Å². The van der Waals surface area contributed by atoms with E-state index in [9.17, 15) is 9.90 Å². The molecule has 1 saturated heterocycles. The quantitative estimate of drug-likeness (QED) is 0.730. The molecular weight excluding hydrogens is 354 g/mol. The number of aliphatic hydroxyl groups excluding tert-OH is 1. The Morgan fingerprint density at radius 2 is 1.89 bits per heavy atom. The summed E-state index contributed by atoms with van der Waals surface area (Å²) in [5.41, 5.74) is 2.97. The van der Waals surface area contributed by atoms with E-state index in [1.807, 2.05) is 49.4 Å². The molecule has 4 rings (SSSR count). The molecular formula is C21H23N5O2. The monoisotopic (exact) mass is 377 g/mol. The SMILES string of the molecule is Cc1c(C(=O)Nc2ccccc2N2CCC(O)CC2)cnn1-c1ccccn1. The molecule has 0 saturated carbocycles. The van der Waals surface area contributed by atoms with Gasteiger partial charge in [0.25, 0.3) is 5.91 Å². The predicted octanol–water partition coefficient (Wildman–Crippen LogP) is 2.79. The topological polar surface area (TPSA) is 83.3 Å².